The molecule has 0 N–H and O–H groups in total. The van der Waals surface area contributed by atoms with Crippen molar-refractivity contribution in [2.24, 2.45) is 5.92 Å². The number of carboxylic acid groups (broad SMARTS) is 1. The summed E-state index contributed by atoms with van der Waals surface area (Å²) < 4.78 is 42.3. The number of carbonyl (C=O) groups excluding carboxylic acids is 2. The van der Waals surface area contributed by atoms with Gasteiger partial charge in [-0.25, -0.2) is 0 Å². The molecule has 1 fully saturated rings. The maximum atomic E-state index is 12.4. The van der Waals surface area contributed by atoms with Crippen LogP contribution in [-0.4, -0.2) is 30.1 Å². The molecule has 0 radical (unpaired) electrons. The van der Waals surface area contributed by atoms with E-state index in [-0.39, 0.29) is 18.8 Å². The van der Waals surface area contributed by atoms with E-state index in [0.29, 0.717) is 12.8 Å². The fourth-order valence-electron chi connectivity index (χ4n) is 2.21. The molecule has 22 heavy (non-hydrogen) atoms. The van der Waals surface area contributed by atoms with Crippen molar-refractivity contribution in [2.45, 2.75) is 19.0 Å². The van der Waals surface area contributed by atoms with E-state index in [4.69, 9.17) is 4.74 Å². The molecule has 0 spiro atoms. The Hall–Kier alpha value is -2.25. The third-order valence-corrected chi connectivity index (χ3v) is 3.49. The van der Waals surface area contributed by atoms with E-state index in [9.17, 15) is 27.9 Å². The largest absolute Gasteiger partial charge is 0.530 e. The average molecular weight is 316 g/mol. The lowest BCUT2D eigenvalue weighted by Crippen LogP contribution is -2.46. The van der Waals surface area contributed by atoms with Crippen molar-refractivity contribution in [1.29, 1.82) is 0 Å². The van der Waals surface area contributed by atoms with Gasteiger partial charge in [0, 0.05) is 13.1 Å². The summed E-state index contributed by atoms with van der Waals surface area (Å²) >= 11 is 0. The van der Waals surface area contributed by atoms with Gasteiger partial charge in [-0.1, -0.05) is 0 Å². The van der Waals surface area contributed by atoms with Gasteiger partial charge in [-0.2, -0.15) is 13.2 Å². The van der Waals surface area contributed by atoms with Crippen LogP contribution in [0.15, 0.2) is 24.3 Å². The van der Waals surface area contributed by atoms with E-state index in [0.717, 1.165) is 29.2 Å². The van der Waals surface area contributed by atoms with Crippen molar-refractivity contribution in [3.05, 3.63) is 29.8 Å². The molecule has 0 aromatic heterocycles. The van der Waals surface area contributed by atoms with Crippen molar-refractivity contribution >= 4 is 12.1 Å². The van der Waals surface area contributed by atoms with Crippen LogP contribution < -0.4 is 9.84 Å². The van der Waals surface area contributed by atoms with Crippen molar-refractivity contribution < 1.29 is 32.6 Å². The molecule has 0 saturated carbocycles. The van der Waals surface area contributed by atoms with Crippen LogP contribution >= 0.6 is 0 Å². The molecule has 1 amide bonds. The first-order chi connectivity index (χ1) is 10.3. The van der Waals surface area contributed by atoms with E-state index < -0.39 is 29.7 Å². The minimum absolute atomic E-state index is 0.0281. The molecule has 0 bridgehead atoms. The molecule has 2 rings (SSSR count). The Bertz CT molecular complexity index is 548. The summed E-state index contributed by atoms with van der Waals surface area (Å²) in [6.07, 6.45) is -5.13. The minimum Gasteiger partial charge on any atom is -0.530 e. The highest BCUT2D eigenvalue weighted by Gasteiger charge is 2.30. The van der Waals surface area contributed by atoms with Crippen LogP contribution in [0.2, 0.25) is 0 Å². The Morgan fingerprint density at radius 3 is 2.14 bits per heavy atom. The highest BCUT2D eigenvalue weighted by Crippen LogP contribution is 2.30. The second-order valence-corrected chi connectivity index (χ2v) is 4.97. The topological polar surface area (TPSA) is 69.7 Å². The molecule has 1 aromatic rings. The van der Waals surface area contributed by atoms with Gasteiger partial charge in [-0.05, 0) is 37.1 Å². The fraction of sp³-hybridized carbons (Fsp3) is 0.429. The standard InChI is InChI=1S/C14H14F3NO4/c15-14(16,17)10-1-3-11(4-2-10)22-12(19)9-5-7-18(8-6-9)13(20)21/h1-4,9H,5-8H2,(H,20,21)/p-1. The van der Waals surface area contributed by atoms with Gasteiger partial charge < -0.3 is 19.5 Å². The van der Waals surface area contributed by atoms with Crippen molar-refractivity contribution in [3.63, 3.8) is 0 Å². The molecule has 120 valence electrons. The van der Waals surface area contributed by atoms with Gasteiger partial charge in [0.1, 0.15) is 11.8 Å². The number of benzene rings is 1. The molecule has 8 heteroatoms. The van der Waals surface area contributed by atoms with Gasteiger partial charge in [0.2, 0.25) is 0 Å². The Kier molecular flexibility index (Phi) is 4.58. The first-order valence-electron chi connectivity index (χ1n) is 6.62. The van der Waals surface area contributed by atoms with Gasteiger partial charge in [-0.15, -0.1) is 0 Å². The maximum absolute atomic E-state index is 12.4. The highest BCUT2D eigenvalue weighted by atomic mass is 19.4. The molecule has 0 atom stereocenters. The Balaban J connectivity index is 1.91. The number of hydrogen-bond donors (Lipinski definition) is 0. The molecular weight excluding hydrogens is 303 g/mol. The van der Waals surface area contributed by atoms with Crippen LogP contribution in [0, 0.1) is 5.92 Å². The van der Waals surface area contributed by atoms with E-state index in [1.807, 2.05) is 0 Å². The van der Waals surface area contributed by atoms with Crippen molar-refractivity contribution in [3.8, 4) is 5.75 Å². The van der Waals surface area contributed by atoms with Crippen LogP contribution in [0.4, 0.5) is 18.0 Å². The quantitative estimate of drug-likeness (QED) is 0.615. The number of likely N-dealkylation sites (tertiary alicyclic amines) is 1. The van der Waals surface area contributed by atoms with Crippen LogP contribution in [0.5, 0.6) is 5.75 Å². The molecule has 1 aliphatic heterocycles. The summed E-state index contributed by atoms with van der Waals surface area (Å²) in [6, 6.07) is 3.83. The lowest BCUT2D eigenvalue weighted by atomic mass is 9.97. The van der Waals surface area contributed by atoms with Crippen LogP contribution in [0.25, 0.3) is 0 Å². The lowest BCUT2D eigenvalue weighted by Gasteiger charge is -2.32. The fourth-order valence-corrected chi connectivity index (χ4v) is 2.21. The predicted molar refractivity (Wildman–Crippen MR) is 66.8 cm³/mol. The lowest BCUT2D eigenvalue weighted by molar-refractivity contribution is -0.266. The number of amides is 1. The smallest absolute Gasteiger partial charge is 0.416 e. The summed E-state index contributed by atoms with van der Waals surface area (Å²) in [5, 5.41) is 10.6. The van der Waals surface area contributed by atoms with E-state index in [1.54, 1.807) is 0 Å². The van der Waals surface area contributed by atoms with E-state index in [1.165, 1.54) is 0 Å². The zero-order chi connectivity index (χ0) is 16.3. The first kappa shape index (κ1) is 16.1. The van der Waals surface area contributed by atoms with Gasteiger partial charge >= 0.3 is 12.1 Å². The van der Waals surface area contributed by atoms with Gasteiger partial charge in [0.25, 0.3) is 0 Å². The summed E-state index contributed by atoms with van der Waals surface area (Å²) in [7, 11) is 0. The van der Waals surface area contributed by atoms with Crippen molar-refractivity contribution in [2.75, 3.05) is 13.1 Å². The predicted octanol–water partition coefficient (Wildman–Crippen LogP) is 1.67. The summed E-state index contributed by atoms with van der Waals surface area (Å²) in [5.41, 5.74) is -0.824. The molecule has 1 aliphatic rings. The van der Waals surface area contributed by atoms with Crippen molar-refractivity contribution in [1.82, 2.24) is 4.90 Å². The zero-order valence-corrected chi connectivity index (χ0v) is 11.4. The molecule has 1 heterocycles. The third kappa shape index (κ3) is 3.90. The SMILES string of the molecule is O=C(Oc1ccc(C(F)(F)F)cc1)C1CCN(C(=O)[O-])CC1. The number of rotatable bonds is 2. The highest BCUT2D eigenvalue weighted by molar-refractivity contribution is 5.75. The van der Waals surface area contributed by atoms with E-state index in [2.05, 4.69) is 0 Å². The first-order valence-corrected chi connectivity index (χ1v) is 6.62. The number of carbonyl (C=O) groups is 2. The summed E-state index contributed by atoms with van der Waals surface area (Å²) in [6.45, 7) is 0.351. The molecule has 0 unspecified atom stereocenters. The van der Waals surface area contributed by atoms with E-state index >= 15 is 0 Å². The molecular formula is C14H13F3NO4-. The summed E-state index contributed by atoms with van der Waals surface area (Å²) in [4.78, 5) is 23.6. The number of alkyl halides is 3. The number of esters is 1. The van der Waals surface area contributed by atoms with Crippen LogP contribution in [0.1, 0.15) is 18.4 Å². The number of halogens is 3. The Labute approximate surface area is 124 Å². The Morgan fingerprint density at radius 1 is 1.14 bits per heavy atom. The summed E-state index contributed by atoms with van der Waals surface area (Å²) in [5.74, 6) is -1.02. The van der Waals surface area contributed by atoms with Gasteiger partial charge in [0.15, 0.2) is 0 Å². The number of piperidine rings is 1. The van der Waals surface area contributed by atoms with Crippen LogP contribution in [-0.2, 0) is 11.0 Å². The number of hydrogen-bond acceptors (Lipinski definition) is 4. The zero-order valence-electron chi connectivity index (χ0n) is 11.4. The van der Waals surface area contributed by atoms with Gasteiger partial charge in [-0.3, -0.25) is 4.79 Å². The second kappa shape index (κ2) is 6.25. The number of nitrogens with zero attached hydrogens (tertiary/aromatic N) is 1. The minimum atomic E-state index is -4.44. The molecule has 1 saturated heterocycles. The monoisotopic (exact) mass is 316 g/mol. The second-order valence-electron chi connectivity index (χ2n) is 4.97. The van der Waals surface area contributed by atoms with Gasteiger partial charge in [0.05, 0.1) is 11.5 Å². The maximum Gasteiger partial charge on any atom is 0.416 e. The normalized spacial score (nSPS) is 16.4. The Morgan fingerprint density at radius 2 is 1.68 bits per heavy atom. The third-order valence-electron chi connectivity index (χ3n) is 3.49. The van der Waals surface area contributed by atoms with Crippen LogP contribution in [0.3, 0.4) is 0 Å². The molecule has 1 aromatic carbocycles. The average Bonchev–Trinajstić information content (AvgIpc) is 2.47. The molecule has 5 nitrogen and oxygen atoms in total. The molecule has 0 aliphatic carbocycles. The number of ether oxygens (including phenoxy) is 1.